The average molecular weight is 332 g/mol. The second kappa shape index (κ2) is 6.57. The summed E-state index contributed by atoms with van der Waals surface area (Å²) < 4.78 is 29.5. The molecule has 1 amide bonds. The van der Waals surface area contributed by atoms with Crippen LogP contribution in [-0.4, -0.2) is 18.6 Å². The van der Waals surface area contributed by atoms with Crippen LogP contribution in [0.15, 0.2) is 48.5 Å². The standard InChI is InChI=1S/C18H18F2N2O2/c1-11(12-5-3-2-4-6-12)22-16-10-14(24-18(19)20)8-7-13(16)9-15(21)17(22)23/h2-8,10-11,15,18H,9,21H2,1H3/t11-,15+/m0/s1. The number of rotatable bonds is 4. The molecule has 126 valence electrons. The average Bonchev–Trinajstić information content (AvgIpc) is 2.56. The molecule has 6 heteroatoms. The third-order valence-electron chi connectivity index (χ3n) is 4.21. The van der Waals surface area contributed by atoms with Crippen molar-refractivity contribution in [1.29, 1.82) is 0 Å². The molecule has 0 fully saturated rings. The number of fused-ring (bicyclic) bond motifs is 1. The van der Waals surface area contributed by atoms with Crippen LogP contribution < -0.4 is 15.4 Å². The molecule has 4 nitrogen and oxygen atoms in total. The van der Waals surface area contributed by atoms with Crippen molar-refractivity contribution < 1.29 is 18.3 Å². The normalized spacial score (nSPS) is 18.5. The Morgan fingerprint density at radius 3 is 2.58 bits per heavy atom. The van der Waals surface area contributed by atoms with Gasteiger partial charge in [0.2, 0.25) is 5.91 Å². The number of carbonyl (C=O) groups excluding carboxylic acids is 1. The SMILES string of the molecule is C[C@@H](c1ccccc1)N1C(=O)[C@H](N)Cc2ccc(OC(F)F)cc21. The molecule has 0 saturated carbocycles. The smallest absolute Gasteiger partial charge is 0.387 e. The molecule has 2 atom stereocenters. The predicted octanol–water partition coefficient (Wildman–Crippen LogP) is 3.27. The quantitative estimate of drug-likeness (QED) is 0.935. The van der Waals surface area contributed by atoms with E-state index in [1.54, 1.807) is 11.0 Å². The maximum Gasteiger partial charge on any atom is 0.387 e. The van der Waals surface area contributed by atoms with Gasteiger partial charge in [0.25, 0.3) is 0 Å². The first kappa shape index (κ1) is 16.4. The van der Waals surface area contributed by atoms with E-state index in [4.69, 9.17) is 5.73 Å². The van der Waals surface area contributed by atoms with Crippen LogP contribution in [0.4, 0.5) is 14.5 Å². The van der Waals surface area contributed by atoms with E-state index >= 15 is 0 Å². The van der Waals surface area contributed by atoms with Crippen molar-refractivity contribution in [3.63, 3.8) is 0 Å². The Bertz CT molecular complexity index is 737. The minimum absolute atomic E-state index is 0.0253. The van der Waals surface area contributed by atoms with Gasteiger partial charge in [-0.25, -0.2) is 0 Å². The van der Waals surface area contributed by atoms with E-state index in [1.165, 1.54) is 12.1 Å². The molecular weight excluding hydrogens is 314 g/mol. The number of anilines is 1. The molecule has 2 aromatic rings. The molecule has 0 aliphatic carbocycles. The first-order valence-electron chi connectivity index (χ1n) is 7.68. The molecule has 0 spiro atoms. The molecule has 3 rings (SSSR count). The zero-order valence-corrected chi connectivity index (χ0v) is 13.2. The maximum absolute atomic E-state index is 12.6. The van der Waals surface area contributed by atoms with Crippen LogP contribution in [0, 0.1) is 0 Å². The van der Waals surface area contributed by atoms with E-state index in [0.29, 0.717) is 12.1 Å². The van der Waals surface area contributed by atoms with Crippen LogP contribution in [-0.2, 0) is 11.2 Å². The number of hydrogen-bond acceptors (Lipinski definition) is 3. The van der Waals surface area contributed by atoms with Crippen molar-refractivity contribution in [2.24, 2.45) is 5.73 Å². The van der Waals surface area contributed by atoms with Gasteiger partial charge < -0.3 is 15.4 Å². The molecular formula is C18H18F2N2O2. The summed E-state index contributed by atoms with van der Waals surface area (Å²) in [5.41, 5.74) is 8.32. The molecule has 1 aliphatic rings. The first-order chi connectivity index (χ1) is 11.5. The van der Waals surface area contributed by atoms with Gasteiger partial charge in [-0.3, -0.25) is 4.79 Å². The monoisotopic (exact) mass is 332 g/mol. The van der Waals surface area contributed by atoms with E-state index in [-0.39, 0.29) is 17.7 Å². The Kier molecular flexibility index (Phi) is 4.49. The van der Waals surface area contributed by atoms with Gasteiger partial charge in [0, 0.05) is 6.07 Å². The summed E-state index contributed by atoms with van der Waals surface area (Å²) in [6.45, 7) is -1.03. The highest BCUT2D eigenvalue weighted by Gasteiger charge is 2.34. The van der Waals surface area contributed by atoms with Gasteiger partial charge >= 0.3 is 6.61 Å². The maximum atomic E-state index is 12.6. The number of alkyl halides is 2. The number of amides is 1. The zero-order valence-electron chi connectivity index (χ0n) is 13.2. The summed E-state index contributed by atoms with van der Waals surface area (Å²) in [7, 11) is 0. The summed E-state index contributed by atoms with van der Waals surface area (Å²) in [5.74, 6) is -0.203. The van der Waals surface area contributed by atoms with Crippen molar-refractivity contribution in [2.75, 3.05) is 4.90 Å². The molecule has 0 saturated heterocycles. The number of hydrogen-bond donors (Lipinski definition) is 1. The summed E-state index contributed by atoms with van der Waals surface area (Å²) in [6, 6.07) is 13.2. The second-order valence-electron chi connectivity index (χ2n) is 5.77. The van der Waals surface area contributed by atoms with Crippen LogP contribution in [0.5, 0.6) is 5.75 Å². The Balaban J connectivity index is 2.03. The lowest BCUT2D eigenvalue weighted by atomic mass is 9.94. The van der Waals surface area contributed by atoms with E-state index in [1.807, 2.05) is 37.3 Å². The fourth-order valence-electron chi connectivity index (χ4n) is 3.02. The van der Waals surface area contributed by atoms with Crippen molar-refractivity contribution in [2.45, 2.75) is 32.0 Å². The van der Waals surface area contributed by atoms with Crippen molar-refractivity contribution in [1.82, 2.24) is 0 Å². The first-order valence-corrected chi connectivity index (χ1v) is 7.68. The lowest BCUT2D eigenvalue weighted by Gasteiger charge is -2.37. The molecule has 0 aromatic heterocycles. The van der Waals surface area contributed by atoms with Gasteiger partial charge in [-0.05, 0) is 30.5 Å². The van der Waals surface area contributed by atoms with Crippen LogP contribution in [0.25, 0.3) is 0 Å². The summed E-state index contributed by atoms with van der Waals surface area (Å²) in [4.78, 5) is 14.2. The number of nitrogens with two attached hydrogens (primary N) is 1. The Morgan fingerprint density at radius 2 is 1.92 bits per heavy atom. The van der Waals surface area contributed by atoms with Gasteiger partial charge in [-0.2, -0.15) is 8.78 Å². The fraction of sp³-hybridized carbons (Fsp3) is 0.278. The Labute approximate surface area is 138 Å². The number of carbonyl (C=O) groups is 1. The molecule has 0 bridgehead atoms. The number of nitrogens with zero attached hydrogens (tertiary/aromatic N) is 1. The molecule has 24 heavy (non-hydrogen) atoms. The Morgan fingerprint density at radius 1 is 1.21 bits per heavy atom. The highest BCUT2D eigenvalue weighted by molar-refractivity contribution is 6.01. The van der Waals surface area contributed by atoms with Crippen molar-refractivity contribution in [3.05, 3.63) is 59.7 Å². The molecule has 0 radical (unpaired) electrons. The van der Waals surface area contributed by atoms with Gasteiger partial charge in [0.15, 0.2) is 0 Å². The van der Waals surface area contributed by atoms with Crippen molar-refractivity contribution in [3.8, 4) is 5.75 Å². The molecule has 1 heterocycles. The topological polar surface area (TPSA) is 55.6 Å². The van der Waals surface area contributed by atoms with Gasteiger partial charge in [-0.1, -0.05) is 36.4 Å². The van der Waals surface area contributed by atoms with Crippen LogP contribution >= 0.6 is 0 Å². The fourth-order valence-corrected chi connectivity index (χ4v) is 3.02. The van der Waals surface area contributed by atoms with E-state index in [0.717, 1.165) is 11.1 Å². The molecule has 0 unspecified atom stereocenters. The molecule has 2 N–H and O–H groups in total. The summed E-state index contributed by atoms with van der Waals surface area (Å²) >= 11 is 0. The van der Waals surface area contributed by atoms with Crippen LogP contribution in [0.2, 0.25) is 0 Å². The minimum atomic E-state index is -2.91. The van der Waals surface area contributed by atoms with Gasteiger partial charge in [-0.15, -0.1) is 0 Å². The summed E-state index contributed by atoms with van der Waals surface area (Å²) in [5, 5.41) is 0. The molecule has 2 aromatic carbocycles. The zero-order chi connectivity index (χ0) is 17.3. The highest BCUT2D eigenvalue weighted by Crippen LogP contribution is 2.37. The Hall–Kier alpha value is -2.47. The highest BCUT2D eigenvalue weighted by atomic mass is 19.3. The van der Waals surface area contributed by atoms with E-state index < -0.39 is 12.7 Å². The van der Waals surface area contributed by atoms with Crippen LogP contribution in [0.1, 0.15) is 24.1 Å². The molecule has 1 aliphatic heterocycles. The lowest BCUT2D eigenvalue weighted by molar-refractivity contribution is -0.120. The predicted molar refractivity (Wildman–Crippen MR) is 87.1 cm³/mol. The number of benzene rings is 2. The number of ether oxygens (including phenoxy) is 1. The van der Waals surface area contributed by atoms with Crippen molar-refractivity contribution >= 4 is 11.6 Å². The van der Waals surface area contributed by atoms with Gasteiger partial charge in [0.05, 0.1) is 17.8 Å². The summed E-state index contributed by atoms with van der Waals surface area (Å²) in [6.07, 6.45) is 0.376. The number of halogens is 2. The third-order valence-corrected chi connectivity index (χ3v) is 4.21. The van der Waals surface area contributed by atoms with Crippen LogP contribution in [0.3, 0.4) is 0 Å². The minimum Gasteiger partial charge on any atom is -0.435 e. The second-order valence-corrected chi connectivity index (χ2v) is 5.77. The van der Waals surface area contributed by atoms with E-state index in [9.17, 15) is 13.6 Å². The lowest BCUT2D eigenvalue weighted by Crippen LogP contribution is -2.49. The van der Waals surface area contributed by atoms with Gasteiger partial charge in [0.1, 0.15) is 5.75 Å². The largest absolute Gasteiger partial charge is 0.435 e. The third kappa shape index (κ3) is 3.10. The van der Waals surface area contributed by atoms with E-state index in [2.05, 4.69) is 4.74 Å².